The lowest BCUT2D eigenvalue weighted by atomic mass is 9.90. The average Bonchev–Trinajstić information content (AvgIpc) is 2.49. The number of ether oxygens (including phenoxy) is 1. The van der Waals surface area contributed by atoms with Crippen molar-refractivity contribution in [3.63, 3.8) is 0 Å². The van der Waals surface area contributed by atoms with E-state index in [1.807, 2.05) is 12.1 Å². The van der Waals surface area contributed by atoms with Gasteiger partial charge in [0, 0.05) is 11.6 Å². The van der Waals surface area contributed by atoms with Crippen LogP contribution >= 0.6 is 0 Å². The molecule has 0 saturated carbocycles. The van der Waals surface area contributed by atoms with E-state index >= 15 is 0 Å². The highest BCUT2D eigenvalue weighted by molar-refractivity contribution is 5.38. The van der Waals surface area contributed by atoms with Gasteiger partial charge >= 0.3 is 0 Å². The molecule has 3 rings (SSSR count). The number of rotatable bonds is 3. The molecule has 1 saturated heterocycles. The van der Waals surface area contributed by atoms with Crippen LogP contribution in [0.15, 0.2) is 24.3 Å². The third-order valence-corrected chi connectivity index (χ3v) is 4.82. The second-order valence-corrected chi connectivity index (χ2v) is 6.12. The molecular weight excluding hydrogens is 248 g/mol. The summed E-state index contributed by atoms with van der Waals surface area (Å²) in [4.78, 5) is 2.63. The number of hydrogen-bond donors (Lipinski definition) is 1. The third kappa shape index (κ3) is 2.57. The highest BCUT2D eigenvalue weighted by Crippen LogP contribution is 2.35. The molecule has 0 spiro atoms. The van der Waals surface area contributed by atoms with Gasteiger partial charge in [-0.15, -0.1) is 0 Å². The van der Waals surface area contributed by atoms with Crippen molar-refractivity contribution in [2.45, 2.75) is 57.2 Å². The summed E-state index contributed by atoms with van der Waals surface area (Å²) in [6.45, 7) is 4.19. The maximum Gasteiger partial charge on any atom is 0.124 e. The maximum absolute atomic E-state index is 6.56. The molecule has 1 aromatic rings. The molecule has 2 aliphatic rings. The standard InChI is InChI=1S/C17H26N2O/c1-2-7-13-8-5-6-11-19(13)15-12-20-16-10-4-3-9-14(16)17(15)18/h3-4,9-10,13,15,17H,2,5-8,11-12,18H2,1H3. The van der Waals surface area contributed by atoms with Crippen LogP contribution in [0.5, 0.6) is 5.75 Å². The minimum Gasteiger partial charge on any atom is -0.492 e. The molecule has 1 fully saturated rings. The zero-order chi connectivity index (χ0) is 13.9. The minimum absolute atomic E-state index is 0.0809. The van der Waals surface area contributed by atoms with Crippen LogP contribution in [0.25, 0.3) is 0 Å². The first-order valence-electron chi connectivity index (χ1n) is 8.04. The third-order valence-electron chi connectivity index (χ3n) is 4.82. The van der Waals surface area contributed by atoms with Crippen LogP contribution in [-0.4, -0.2) is 30.1 Å². The second-order valence-electron chi connectivity index (χ2n) is 6.12. The Labute approximate surface area is 122 Å². The molecule has 0 bridgehead atoms. The molecule has 0 aliphatic carbocycles. The van der Waals surface area contributed by atoms with E-state index in [2.05, 4.69) is 24.0 Å². The van der Waals surface area contributed by atoms with Gasteiger partial charge in [-0.25, -0.2) is 0 Å². The number of hydrogen-bond acceptors (Lipinski definition) is 3. The summed E-state index contributed by atoms with van der Waals surface area (Å²) >= 11 is 0. The summed E-state index contributed by atoms with van der Waals surface area (Å²) in [5, 5.41) is 0. The molecule has 110 valence electrons. The molecule has 2 aliphatic heterocycles. The average molecular weight is 274 g/mol. The van der Waals surface area contributed by atoms with Crippen molar-refractivity contribution in [3.05, 3.63) is 29.8 Å². The SMILES string of the molecule is CCCC1CCCCN1C1COc2ccccc2C1N. The Balaban J connectivity index is 1.80. The molecule has 20 heavy (non-hydrogen) atoms. The predicted molar refractivity (Wildman–Crippen MR) is 81.9 cm³/mol. The second kappa shape index (κ2) is 6.15. The molecule has 0 radical (unpaired) electrons. The molecule has 3 unspecified atom stereocenters. The lowest BCUT2D eigenvalue weighted by molar-refractivity contribution is 0.0355. The van der Waals surface area contributed by atoms with Crippen LogP contribution in [0, 0.1) is 0 Å². The van der Waals surface area contributed by atoms with Crippen molar-refractivity contribution in [3.8, 4) is 5.75 Å². The molecule has 2 N–H and O–H groups in total. The molecule has 3 nitrogen and oxygen atoms in total. The summed E-state index contributed by atoms with van der Waals surface area (Å²) in [5.74, 6) is 0.973. The topological polar surface area (TPSA) is 38.5 Å². The smallest absolute Gasteiger partial charge is 0.124 e. The fourth-order valence-corrected chi connectivity index (χ4v) is 3.78. The number of para-hydroxylation sites is 1. The Morgan fingerprint density at radius 1 is 1.30 bits per heavy atom. The van der Waals surface area contributed by atoms with Gasteiger partial charge in [-0.05, 0) is 31.9 Å². The van der Waals surface area contributed by atoms with Crippen molar-refractivity contribution in [1.29, 1.82) is 0 Å². The van der Waals surface area contributed by atoms with Crippen LogP contribution in [-0.2, 0) is 0 Å². The largest absolute Gasteiger partial charge is 0.492 e. The van der Waals surface area contributed by atoms with E-state index in [1.54, 1.807) is 0 Å². The first-order chi connectivity index (χ1) is 9.81. The first kappa shape index (κ1) is 13.9. The van der Waals surface area contributed by atoms with E-state index in [0.29, 0.717) is 12.1 Å². The van der Waals surface area contributed by atoms with E-state index in [4.69, 9.17) is 10.5 Å². The van der Waals surface area contributed by atoms with Crippen LogP contribution < -0.4 is 10.5 Å². The van der Waals surface area contributed by atoms with Gasteiger partial charge in [0.2, 0.25) is 0 Å². The summed E-state index contributed by atoms with van der Waals surface area (Å²) in [6.07, 6.45) is 6.51. The van der Waals surface area contributed by atoms with Crippen LogP contribution in [0.2, 0.25) is 0 Å². The molecule has 3 heteroatoms. The minimum atomic E-state index is 0.0809. The highest BCUT2D eigenvalue weighted by Gasteiger charge is 2.36. The maximum atomic E-state index is 6.56. The van der Waals surface area contributed by atoms with Gasteiger partial charge in [-0.1, -0.05) is 38.0 Å². The molecule has 3 atom stereocenters. The Hall–Kier alpha value is -1.06. The fourth-order valence-electron chi connectivity index (χ4n) is 3.78. The summed E-state index contributed by atoms with van der Waals surface area (Å²) < 4.78 is 5.96. The molecule has 1 aromatic carbocycles. The quantitative estimate of drug-likeness (QED) is 0.920. The first-order valence-corrected chi connectivity index (χ1v) is 8.04. The Morgan fingerprint density at radius 3 is 3.00 bits per heavy atom. The van der Waals surface area contributed by atoms with E-state index in [-0.39, 0.29) is 6.04 Å². The van der Waals surface area contributed by atoms with Crippen molar-refractivity contribution in [2.24, 2.45) is 5.73 Å². The van der Waals surface area contributed by atoms with Crippen molar-refractivity contribution >= 4 is 0 Å². The highest BCUT2D eigenvalue weighted by atomic mass is 16.5. The van der Waals surface area contributed by atoms with Gasteiger partial charge in [0.15, 0.2) is 0 Å². The van der Waals surface area contributed by atoms with Crippen molar-refractivity contribution < 1.29 is 4.74 Å². The number of fused-ring (bicyclic) bond motifs is 1. The van der Waals surface area contributed by atoms with Gasteiger partial charge in [0.1, 0.15) is 12.4 Å². The molecule has 2 heterocycles. The van der Waals surface area contributed by atoms with Crippen molar-refractivity contribution in [2.75, 3.05) is 13.2 Å². The van der Waals surface area contributed by atoms with E-state index in [0.717, 1.165) is 12.4 Å². The number of likely N-dealkylation sites (tertiary alicyclic amines) is 1. The summed E-state index contributed by atoms with van der Waals surface area (Å²) in [7, 11) is 0. The Kier molecular flexibility index (Phi) is 4.27. The van der Waals surface area contributed by atoms with E-state index in [9.17, 15) is 0 Å². The van der Waals surface area contributed by atoms with Gasteiger partial charge in [0.05, 0.1) is 12.1 Å². The zero-order valence-corrected chi connectivity index (χ0v) is 12.4. The van der Waals surface area contributed by atoms with Gasteiger partial charge in [0.25, 0.3) is 0 Å². The van der Waals surface area contributed by atoms with Crippen LogP contribution in [0.3, 0.4) is 0 Å². The molecule has 0 amide bonds. The number of piperidine rings is 1. The normalized spacial score (nSPS) is 30.6. The fraction of sp³-hybridized carbons (Fsp3) is 0.647. The van der Waals surface area contributed by atoms with Crippen LogP contribution in [0.1, 0.15) is 50.6 Å². The Bertz CT molecular complexity index is 446. The van der Waals surface area contributed by atoms with E-state index < -0.39 is 0 Å². The lowest BCUT2D eigenvalue weighted by Crippen LogP contribution is -2.54. The van der Waals surface area contributed by atoms with E-state index in [1.165, 1.54) is 44.2 Å². The number of benzene rings is 1. The molecular formula is C17H26N2O. The summed E-state index contributed by atoms with van der Waals surface area (Å²) in [5.41, 5.74) is 7.73. The van der Waals surface area contributed by atoms with Gasteiger partial charge in [-0.3, -0.25) is 4.90 Å². The zero-order valence-electron chi connectivity index (χ0n) is 12.4. The van der Waals surface area contributed by atoms with Crippen LogP contribution in [0.4, 0.5) is 0 Å². The Morgan fingerprint density at radius 2 is 2.15 bits per heavy atom. The van der Waals surface area contributed by atoms with Gasteiger partial charge < -0.3 is 10.5 Å². The van der Waals surface area contributed by atoms with Crippen molar-refractivity contribution in [1.82, 2.24) is 4.90 Å². The number of nitrogens with two attached hydrogens (primary N) is 1. The van der Waals surface area contributed by atoms with Gasteiger partial charge in [-0.2, -0.15) is 0 Å². The lowest BCUT2D eigenvalue weighted by Gasteiger charge is -2.45. The summed E-state index contributed by atoms with van der Waals surface area (Å²) in [6, 6.07) is 9.34. The predicted octanol–water partition coefficient (Wildman–Crippen LogP) is 3.10. The number of nitrogens with zero attached hydrogens (tertiary/aromatic N) is 1. The monoisotopic (exact) mass is 274 g/mol. The molecule has 0 aromatic heterocycles.